The van der Waals surface area contributed by atoms with Crippen LogP contribution >= 0.6 is 0 Å². The predicted octanol–water partition coefficient (Wildman–Crippen LogP) is 2.10. The van der Waals surface area contributed by atoms with Crippen molar-refractivity contribution in [2.45, 2.75) is 19.3 Å². The van der Waals surface area contributed by atoms with E-state index in [-0.39, 0.29) is 11.6 Å². The van der Waals surface area contributed by atoms with Crippen molar-refractivity contribution in [3.63, 3.8) is 0 Å². The van der Waals surface area contributed by atoms with Crippen molar-refractivity contribution in [2.24, 2.45) is 11.0 Å². The van der Waals surface area contributed by atoms with Gasteiger partial charge in [0.25, 0.3) is 11.6 Å². The molecule has 1 aromatic carbocycles. The summed E-state index contributed by atoms with van der Waals surface area (Å²) in [6.07, 6.45) is 2.52. The van der Waals surface area contributed by atoms with Crippen LogP contribution in [0.4, 0.5) is 11.4 Å². The minimum absolute atomic E-state index is 0.0321. The molecule has 1 fully saturated rings. The highest BCUT2D eigenvalue weighted by Gasteiger charge is 2.35. The summed E-state index contributed by atoms with van der Waals surface area (Å²) in [5.74, 6) is 0.329. The van der Waals surface area contributed by atoms with Crippen LogP contribution in [0.15, 0.2) is 29.4 Å². The van der Waals surface area contributed by atoms with Gasteiger partial charge in [-0.25, -0.2) is 5.01 Å². The first-order chi connectivity index (χ1) is 8.65. The number of benzene rings is 1. The number of amides is 1. The molecule has 0 radical (unpaired) electrons. The van der Waals surface area contributed by atoms with Crippen LogP contribution in [0.1, 0.15) is 19.3 Å². The molecule has 1 aliphatic heterocycles. The van der Waals surface area contributed by atoms with Crippen molar-refractivity contribution in [3.05, 3.63) is 34.4 Å². The van der Waals surface area contributed by atoms with E-state index in [4.69, 9.17) is 0 Å². The number of hydrogen-bond acceptors (Lipinski definition) is 4. The summed E-state index contributed by atoms with van der Waals surface area (Å²) < 4.78 is 0. The fourth-order valence-corrected chi connectivity index (χ4v) is 2.03. The van der Waals surface area contributed by atoms with Gasteiger partial charge in [-0.2, -0.15) is 5.10 Å². The number of carbonyl (C=O) groups is 1. The van der Waals surface area contributed by atoms with E-state index in [2.05, 4.69) is 5.10 Å². The molecule has 0 spiro atoms. The molecule has 1 amide bonds. The standard InChI is InChI=1S/C12H11N3O3/c16-12-7-11(8-4-5-8)13-14(12)9-2-1-3-10(6-9)15(17)18/h1-3,6,8H,4-5,7H2. The smallest absolute Gasteiger partial charge is 0.271 e. The molecule has 6 nitrogen and oxygen atoms in total. The lowest BCUT2D eigenvalue weighted by Gasteiger charge is -2.10. The summed E-state index contributed by atoms with van der Waals surface area (Å²) in [7, 11) is 0. The van der Waals surface area contributed by atoms with Crippen molar-refractivity contribution in [1.29, 1.82) is 0 Å². The van der Waals surface area contributed by atoms with Gasteiger partial charge in [0.1, 0.15) is 0 Å². The lowest BCUT2D eigenvalue weighted by Crippen LogP contribution is -2.19. The molecular weight excluding hydrogens is 234 g/mol. The molecule has 1 aliphatic carbocycles. The molecule has 6 heteroatoms. The summed E-state index contributed by atoms with van der Waals surface area (Å²) in [5.41, 5.74) is 1.34. The van der Waals surface area contributed by atoms with Crippen LogP contribution in [0.3, 0.4) is 0 Å². The Morgan fingerprint density at radius 3 is 2.83 bits per heavy atom. The van der Waals surface area contributed by atoms with Gasteiger partial charge in [0.2, 0.25) is 0 Å². The molecule has 0 atom stereocenters. The van der Waals surface area contributed by atoms with Gasteiger partial charge < -0.3 is 0 Å². The summed E-state index contributed by atoms with van der Waals surface area (Å²) >= 11 is 0. The molecule has 18 heavy (non-hydrogen) atoms. The Hall–Kier alpha value is -2.24. The second-order valence-corrected chi connectivity index (χ2v) is 4.52. The zero-order valence-electron chi connectivity index (χ0n) is 9.57. The van der Waals surface area contributed by atoms with Crippen LogP contribution in [0.5, 0.6) is 0 Å². The average Bonchev–Trinajstić information content (AvgIpc) is 3.13. The zero-order valence-corrected chi connectivity index (χ0v) is 9.57. The number of carbonyl (C=O) groups excluding carboxylic acids is 1. The molecule has 0 saturated heterocycles. The van der Waals surface area contributed by atoms with Gasteiger partial charge in [0, 0.05) is 12.1 Å². The second kappa shape index (κ2) is 3.90. The van der Waals surface area contributed by atoms with Gasteiger partial charge in [-0.3, -0.25) is 14.9 Å². The number of non-ortho nitro benzene ring substituents is 1. The predicted molar refractivity (Wildman–Crippen MR) is 65.4 cm³/mol. The minimum atomic E-state index is -0.477. The Morgan fingerprint density at radius 2 is 2.17 bits per heavy atom. The van der Waals surface area contributed by atoms with Crippen LogP contribution < -0.4 is 5.01 Å². The normalized spacial score (nSPS) is 19.0. The average molecular weight is 245 g/mol. The molecule has 92 valence electrons. The van der Waals surface area contributed by atoms with Crippen molar-refractivity contribution < 1.29 is 9.72 Å². The summed E-state index contributed by atoms with van der Waals surface area (Å²) in [5, 5.41) is 16.3. The fourth-order valence-electron chi connectivity index (χ4n) is 2.03. The van der Waals surface area contributed by atoms with Crippen molar-refractivity contribution >= 4 is 23.0 Å². The quantitative estimate of drug-likeness (QED) is 0.604. The molecular formula is C12H11N3O3. The van der Waals surface area contributed by atoms with E-state index >= 15 is 0 Å². The maximum atomic E-state index is 11.8. The van der Waals surface area contributed by atoms with E-state index in [1.54, 1.807) is 12.1 Å². The third kappa shape index (κ3) is 1.85. The van der Waals surface area contributed by atoms with E-state index < -0.39 is 4.92 Å². The maximum Gasteiger partial charge on any atom is 0.271 e. The molecule has 2 aliphatic rings. The first-order valence-electron chi connectivity index (χ1n) is 5.80. The van der Waals surface area contributed by atoms with Gasteiger partial charge in [-0.1, -0.05) is 6.07 Å². The number of hydrogen-bond donors (Lipinski definition) is 0. The number of nitro benzene ring substituents is 1. The van der Waals surface area contributed by atoms with E-state index in [0.29, 0.717) is 18.0 Å². The van der Waals surface area contributed by atoms with E-state index in [1.807, 2.05) is 0 Å². The van der Waals surface area contributed by atoms with Crippen LogP contribution in [-0.4, -0.2) is 16.5 Å². The third-order valence-electron chi connectivity index (χ3n) is 3.13. The molecule has 3 rings (SSSR count). The van der Waals surface area contributed by atoms with Gasteiger partial charge in [0.15, 0.2) is 0 Å². The molecule has 0 unspecified atom stereocenters. The van der Waals surface area contributed by atoms with Crippen LogP contribution in [0, 0.1) is 16.0 Å². The highest BCUT2D eigenvalue weighted by Crippen LogP contribution is 2.35. The van der Waals surface area contributed by atoms with Crippen molar-refractivity contribution in [1.82, 2.24) is 0 Å². The molecule has 0 N–H and O–H groups in total. The topological polar surface area (TPSA) is 75.8 Å². The Bertz CT molecular complexity index is 563. The molecule has 0 bridgehead atoms. The highest BCUT2D eigenvalue weighted by atomic mass is 16.6. The number of nitro groups is 1. The fraction of sp³-hybridized carbons (Fsp3) is 0.333. The molecule has 1 aromatic rings. The van der Waals surface area contributed by atoms with Gasteiger partial charge in [-0.05, 0) is 24.8 Å². The number of anilines is 1. The first kappa shape index (κ1) is 10.9. The summed E-state index contributed by atoms with van der Waals surface area (Å²) in [4.78, 5) is 22.1. The minimum Gasteiger partial charge on any atom is -0.272 e. The second-order valence-electron chi connectivity index (χ2n) is 4.52. The Balaban J connectivity index is 1.92. The largest absolute Gasteiger partial charge is 0.272 e. The van der Waals surface area contributed by atoms with Crippen LogP contribution in [0.25, 0.3) is 0 Å². The lowest BCUT2D eigenvalue weighted by atomic mass is 10.2. The Morgan fingerprint density at radius 1 is 1.39 bits per heavy atom. The monoisotopic (exact) mass is 245 g/mol. The number of rotatable bonds is 3. The summed E-state index contributed by atoms with van der Waals surface area (Å²) in [6.45, 7) is 0. The SMILES string of the molecule is O=C1CC(C2CC2)=NN1c1cccc([N+](=O)[O-])c1. The highest BCUT2D eigenvalue weighted by molar-refractivity contribution is 6.14. The van der Waals surface area contributed by atoms with Crippen LogP contribution in [0.2, 0.25) is 0 Å². The van der Waals surface area contributed by atoms with Crippen molar-refractivity contribution in [3.8, 4) is 0 Å². The van der Waals surface area contributed by atoms with Gasteiger partial charge >= 0.3 is 0 Å². The number of hydrazone groups is 1. The zero-order chi connectivity index (χ0) is 12.7. The van der Waals surface area contributed by atoms with E-state index in [1.165, 1.54) is 17.1 Å². The molecule has 0 aromatic heterocycles. The van der Waals surface area contributed by atoms with Gasteiger partial charge in [0.05, 0.1) is 22.7 Å². The molecule has 1 heterocycles. The Kier molecular flexibility index (Phi) is 2.36. The Labute approximate surface area is 103 Å². The number of nitrogens with zero attached hydrogens (tertiary/aromatic N) is 3. The maximum absolute atomic E-state index is 11.8. The lowest BCUT2D eigenvalue weighted by molar-refractivity contribution is -0.384. The molecule has 1 saturated carbocycles. The van der Waals surface area contributed by atoms with Crippen LogP contribution in [-0.2, 0) is 4.79 Å². The summed E-state index contributed by atoms with van der Waals surface area (Å²) in [6, 6.07) is 5.99. The third-order valence-corrected chi connectivity index (χ3v) is 3.13. The van der Waals surface area contributed by atoms with Crippen molar-refractivity contribution in [2.75, 3.05) is 5.01 Å². The first-order valence-corrected chi connectivity index (χ1v) is 5.80. The van der Waals surface area contributed by atoms with E-state index in [0.717, 1.165) is 18.6 Å². The van der Waals surface area contributed by atoms with E-state index in [9.17, 15) is 14.9 Å². The van der Waals surface area contributed by atoms with Gasteiger partial charge in [-0.15, -0.1) is 0 Å².